The molecule has 3 nitrogen and oxygen atoms in total. The standard InChI is InChI=1S/C8H12O3/c9-5-3-7-8(11-7)2-1-6(5)10-4-8/h5-7,9H,1-4H2. The molecule has 4 atom stereocenters. The summed E-state index contributed by atoms with van der Waals surface area (Å²) in [5.41, 5.74) is 0.0357. The molecule has 1 saturated carbocycles. The maximum Gasteiger partial charge on any atom is 0.118 e. The minimum atomic E-state index is -0.285. The lowest BCUT2D eigenvalue weighted by Crippen LogP contribution is -2.35. The van der Waals surface area contributed by atoms with E-state index in [1.807, 2.05) is 0 Å². The highest BCUT2D eigenvalue weighted by Crippen LogP contribution is 2.50. The molecule has 3 heteroatoms. The van der Waals surface area contributed by atoms with Crippen molar-refractivity contribution in [2.24, 2.45) is 0 Å². The Kier molecular flexibility index (Phi) is 1.04. The number of epoxide rings is 1. The Labute approximate surface area is 65.3 Å². The molecule has 0 radical (unpaired) electrons. The summed E-state index contributed by atoms with van der Waals surface area (Å²) < 4.78 is 11.0. The predicted octanol–water partition coefficient (Wildman–Crippen LogP) is 0.0676. The van der Waals surface area contributed by atoms with Crippen molar-refractivity contribution in [1.29, 1.82) is 0 Å². The monoisotopic (exact) mass is 156 g/mol. The summed E-state index contributed by atoms with van der Waals surface area (Å²) in [5.74, 6) is 0. The second kappa shape index (κ2) is 1.79. The van der Waals surface area contributed by atoms with E-state index < -0.39 is 0 Å². The number of aliphatic hydroxyl groups excluding tert-OH is 1. The second-order valence-corrected chi connectivity index (χ2v) is 3.86. The van der Waals surface area contributed by atoms with Gasteiger partial charge in [0, 0.05) is 6.42 Å². The molecular weight excluding hydrogens is 144 g/mol. The molecule has 62 valence electrons. The zero-order chi connectivity index (χ0) is 7.47. The van der Waals surface area contributed by atoms with E-state index >= 15 is 0 Å². The van der Waals surface area contributed by atoms with Crippen LogP contribution in [-0.2, 0) is 9.47 Å². The maximum absolute atomic E-state index is 9.56. The number of hydrogen-bond donors (Lipinski definition) is 1. The first kappa shape index (κ1) is 6.40. The van der Waals surface area contributed by atoms with Gasteiger partial charge >= 0.3 is 0 Å². The lowest BCUT2D eigenvalue weighted by molar-refractivity contribution is -0.0854. The van der Waals surface area contributed by atoms with Crippen LogP contribution in [-0.4, -0.2) is 35.6 Å². The van der Waals surface area contributed by atoms with Crippen molar-refractivity contribution in [3.8, 4) is 0 Å². The third-order valence-electron chi connectivity index (χ3n) is 3.19. The number of fused-ring (bicyclic) bond motifs is 3. The van der Waals surface area contributed by atoms with Crippen LogP contribution < -0.4 is 0 Å². The van der Waals surface area contributed by atoms with Gasteiger partial charge in [-0.05, 0) is 12.8 Å². The highest BCUT2D eigenvalue weighted by Gasteiger charge is 2.62. The van der Waals surface area contributed by atoms with Crippen molar-refractivity contribution < 1.29 is 14.6 Å². The molecular formula is C8H12O3. The molecule has 1 spiro atoms. The Hall–Kier alpha value is -0.120. The normalized spacial score (nSPS) is 60.3. The zero-order valence-corrected chi connectivity index (χ0v) is 6.32. The maximum atomic E-state index is 9.56. The molecule has 4 fully saturated rings. The van der Waals surface area contributed by atoms with Crippen LogP contribution in [0.15, 0.2) is 0 Å². The summed E-state index contributed by atoms with van der Waals surface area (Å²) in [4.78, 5) is 0. The molecule has 3 saturated heterocycles. The van der Waals surface area contributed by atoms with Crippen molar-refractivity contribution in [3.63, 3.8) is 0 Å². The second-order valence-electron chi connectivity index (χ2n) is 3.86. The van der Waals surface area contributed by atoms with Crippen LogP contribution in [0, 0.1) is 0 Å². The summed E-state index contributed by atoms with van der Waals surface area (Å²) in [6.07, 6.45) is 2.94. The van der Waals surface area contributed by atoms with Crippen molar-refractivity contribution in [2.75, 3.05) is 6.61 Å². The Morgan fingerprint density at radius 3 is 3.09 bits per heavy atom. The van der Waals surface area contributed by atoms with Crippen LogP contribution in [0.3, 0.4) is 0 Å². The number of hydrogen-bond acceptors (Lipinski definition) is 3. The van der Waals surface area contributed by atoms with Crippen molar-refractivity contribution in [1.82, 2.24) is 0 Å². The predicted molar refractivity (Wildman–Crippen MR) is 37.2 cm³/mol. The SMILES string of the molecule is OC1CC2OC23CCC1OC3. The van der Waals surface area contributed by atoms with Crippen LogP contribution in [0.4, 0.5) is 0 Å². The van der Waals surface area contributed by atoms with Crippen molar-refractivity contribution in [3.05, 3.63) is 0 Å². The fourth-order valence-electron chi connectivity index (χ4n) is 2.32. The molecule has 0 aromatic rings. The van der Waals surface area contributed by atoms with Gasteiger partial charge in [0.05, 0.1) is 24.9 Å². The zero-order valence-electron chi connectivity index (χ0n) is 6.32. The summed E-state index contributed by atoms with van der Waals surface area (Å²) in [7, 11) is 0. The molecule has 0 aromatic heterocycles. The van der Waals surface area contributed by atoms with E-state index in [2.05, 4.69) is 0 Å². The summed E-state index contributed by atoms with van der Waals surface area (Å²) in [6, 6.07) is 0. The average Bonchev–Trinajstić information content (AvgIpc) is 2.65. The molecule has 3 aliphatic heterocycles. The first-order valence-electron chi connectivity index (χ1n) is 4.28. The molecule has 0 aromatic carbocycles. The first-order chi connectivity index (χ1) is 5.30. The van der Waals surface area contributed by atoms with Crippen LogP contribution >= 0.6 is 0 Å². The Bertz CT molecular complexity index is 184. The van der Waals surface area contributed by atoms with Crippen LogP contribution in [0.5, 0.6) is 0 Å². The molecule has 0 amide bonds. The van der Waals surface area contributed by atoms with Crippen LogP contribution in [0.1, 0.15) is 19.3 Å². The summed E-state index contributed by atoms with van der Waals surface area (Å²) >= 11 is 0. The first-order valence-corrected chi connectivity index (χ1v) is 4.28. The highest BCUT2D eigenvalue weighted by atomic mass is 16.6. The van der Waals surface area contributed by atoms with E-state index in [-0.39, 0.29) is 17.8 Å². The third kappa shape index (κ3) is 0.736. The summed E-state index contributed by atoms with van der Waals surface area (Å²) in [5, 5.41) is 9.56. The Morgan fingerprint density at radius 2 is 2.36 bits per heavy atom. The van der Waals surface area contributed by atoms with Gasteiger partial charge in [0.15, 0.2) is 0 Å². The Morgan fingerprint density at radius 1 is 1.45 bits per heavy atom. The highest BCUT2D eigenvalue weighted by molar-refractivity contribution is 5.09. The molecule has 4 unspecified atom stereocenters. The average molecular weight is 156 g/mol. The van der Waals surface area contributed by atoms with Gasteiger partial charge < -0.3 is 14.6 Å². The van der Waals surface area contributed by atoms with Gasteiger partial charge in [0.2, 0.25) is 0 Å². The molecule has 3 heterocycles. The van der Waals surface area contributed by atoms with Crippen LogP contribution in [0.25, 0.3) is 0 Å². The number of rotatable bonds is 0. The van der Waals surface area contributed by atoms with E-state index in [0.717, 1.165) is 19.3 Å². The van der Waals surface area contributed by atoms with Crippen LogP contribution in [0.2, 0.25) is 0 Å². The van der Waals surface area contributed by atoms with Gasteiger partial charge in [-0.1, -0.05) is 0 Å². The molecule has 2 bridgehead atoms. The molecule has 1 aliphatic carbocycles. The van der Waals surface area contributed by atoms with E-state index in [0.29, 0.717) is 12.7 Å². The smallest absolute Gasteiger partial charge is 0.118 e. The molecule has 4 rings (SSSR count). The van der Waals surface area contributed by atoms with Crippen molar-refractivity contribution in [2.45, 2.75) is 43.2 Å². The largest absolute Gasteiger partial charge is 0.390 e. The summed E-state index contributed by atoms with van der Waals surface area (Å²) in [6.45, 7) is 0.708. The lowest BCUT2D eigenvalue weighted by Gasteiger charge is -2.26. The number of aliphatic hydroxyl groups is 1. The quantitative estimate of drug-likeness (QED) is 0.504. The van der Waals surface area contributed by atoms with E-state index in [1.54, 1.807) is 0 Å². The van der Waals surface area contributed by atoms with Gasteiger partial charge in [-0.25, -0.2) is 0 Å². The van der Waals surface area contributed by atoms with E-state index in [1.165, 1.54) is 0 Å². The van der Waals surface area contributed by atoms with Gasteiger partial charge in [0.25, 0.3) is 0 Å². The van der Waals surface area contributed by atoms with Gasteiger partial charge in [-0.3, -0.25) is 0 Å². The van der Waals surface area contributed by atoms with Gasteiger partial charge in [-0.2, -0.15) is 0 Å². The lowest BCUT2D eigenvalue weighted by atomic mass is 9.99. The van der Waals surface area contributed by atoms with Gasteiger partial charge in [-0.15, -0.1) is 0 Å². The number of ether oxygens (including phenoxy) is 2. The third-order valence-corrected chi connectivity index (χ3v) is 3.19. The molecule has 11 heavy (non-hydrogen) atoms. The fourth-order valence-corrected chi connectivity index (χ4v) is 2.32. The Balaban J connectivity index is 1.91. The fraction of sp³-hybridized carbons (Fsp3) is 1.00. The van der Waals surface area contributed by atoms with Crippen molar-refractivity contribution >= 4 is 0 Å². The molecule has 1 N–H and O–H groups in total. The minimum absolute atomic E-state index is 0.0357. The van der Waals surface area contributed by atoms with E-state index in [4.69, 9.17) is 9.47 Å². The molecule has 4 aliphatic rings. The topological polar surface area (TPSA) is 42.0 Å². The van der Waals surface area contributed by atoms with Gasteiger partial charge in [0.1, 0.15) is 5.60 Å². The van der Waals surface area contributed by atoms with E-state index in [9.17, 15) is 5.11 Å². The minimum Gasteiger partial charge on any atom is -0.390 e.